The minimum absolute atomic E-state index is 0.0713. The van der Waals surface area contributed by atoms with Crippen LogP contribution in [0.25, 0.3) is 0 Å². The van der Waals surface area contributed by atoms with Crippen LogP contribution < -0.4 is 0 Å². The van der Waals surface area contributed by atoms with Crippen LogP contribution in [0.1, 0.15) is 20.3 Å². The molecule has 0 amide bonds. The summed E-state index contributed by atoms with van der Waals surface area (Å²) >= 11 is 1.69. The summed E-state index contributed by atoms with van der Waals surface area (Å²) in [5.74, 6) is 1.43. The molecule has 1 unspecified atom stereocenters. The van der Waals surface area contributed by atoms with Crippen molar-refractivity contribution >= 4 is 17.7 Å². The molecule has 0 saturated carbocycles. The molecule has 0 aliphatic rings. The van der Waals surface area contributed by atoms with E-state index in [2.05, 4.69) is 13.8 Å². The van der Waals surface area contributed by atoms with Gasteiger partial charge in [-0.25, -0.2) is 0 Å². The summed E-state index contributed by atoms with van der Waals surface area (Å²) in [7, 11) is 1.45. The average Bonchev–Trinajstić information content (AvgIpc) is 2.01. The highest BCUT2D eigenvalue weighted by Crippen LogP contribution is 2.16. The summed E-state index contributed by atoms with van der Waals surface area (Å²) in [5, 5.41) is 0. The van der Waals surface area contributed by atoms with Crippen LogP contribution in [-0.4, -0.2) is 25.1 Å². The van der Waals surface area contributed by atoms with E-state index in [0.717, 1.165) is 12.2 Å². The van der Waals surface area contributed by atoms with Gasteiger partial charge < -0.3 is 4.74 Å². The summed E-state index contributed by atoms with van der Waals surface area (Å²) in [6.45, 7) is 4.24. The molecule has 3 heteroatoms. The molecule has 0 spiro atoms. The first-order valence-corrected chi connectivity index (χ1v) is 5.58. The topological polar surface area (TPSA) is 26.3 Å². The zero-order chi connectivity index (χ0) is 9.56. The molecule has 0 fully saturated rings. The Morgan fingerprint density at radius 1 is 1.50 bits per heavy atom. The van der Waals surface area contributed by atoms with E-state index in [1.54, 1.807) is 11.8 Å². The Balaban J connectivity index is 3.94. The molecular formula is C9H18O2S. The molecule has 0 bridgehead atoms. The lowest BCUT2D eigenvalue weighted by atomic mass is 9.99. The molecule has 0 aromatic rings. The van der Waals surface area contributed by atoms with Crippen LogP contribution in [0.4, 0.5) is 0 Å². The van der Waals surface area contributed by atoms with E-state index in [1.165, 1.54) is 7.11 Å². The molecular weight excluding hydrogens is 172 g/mol. The van der Waals surface area contributed by atoms with Crippen LogP contribution in [0, 0.1) is 11.8 Å². The first-order chi connectivity index (χ1) is 5.61. The Bertz CT molecular complexity index is 134. The third-order valence-corrected chi connectivity index (χ3v) is 2.39. The van der Waals surface area contributed by atoms with Crippen molar-refractivity contribution in [1.82, 2.24) is 0 Å². The lowest BCUT2D eigenvalue weighted by molar-refractivity contribution is -0.145. The van der Waals surface area contributed by atoms with E-state index in [1.807, 2.05) is 6.26 Å². The Labute approximate surface area is 79.1 Å². The zero-order valence-corrected chi connectivity index (χ0v) is 9.11. The van der Waals surface area contributed by atoms with Crippen molar-refractivity contribution in [1.29, 1.82) is 0 Å². The minimum atomic E-state index is -0.0713. The fourth-order valence-corrected chi connectivity index (χ4v) is 1.84. The number of rotatable bonds is 5. The van der Waals surface area contributed by atoms with Crippen LogP contribution in [0.2, 0.25) is 0 Å². The maximum absolute atomic E-state index is 11.2. The highest BCUT2D eigenvalue weighted by molar-refractivity contribution is 7.98. The van der Waals surface area contributed by atoms with Gasteiger partial charge in [0.25, 0.3) is 0 Å². The van der Waals surface area contributed by atoms with Gasteiger partial charge in [0.2, 0.25) is 0 Å². The Hall–Kier alpha value is -0.180. The van der Waals surface area contributed by atoms with Crippen molar-refractivity contribution < 1.29 is 9.53 Å². The van der Waals surface area contributed by atoms with Gasteiger partial charge in [-0.1, -0.05) is 13.8 Å². The van der Waals surface area contributed by atoms with Crippen LogP contribution in [0.5, 0.6) is 0 Å². The van der Waals surface area contributed by atoms with E-state index >= 15 is 0 Å². The molecule has 0 radical (unpaired) electrons. The molecule has 2 nitrogen and oxygen atoms in total. The molecule has 0 aromatic carbocycles. The van der Waals surface area contributed by atoms with Gasteiger partial charge in [0.1, 0.15) is 0 Å². The van der Waals surface area contributed by atoms with Crippen LogP contribution in [0.15, 0.2) is 0 Å². The first-order valence-electron chi connectivity index (χ1n) is 4.18. The normalized spacial score (nSPS) is 13.1. The average molecular weight is 190 g/mol. The SMILES string of the molecule is COC(=O)C(CSC)CC(C)C. The maximum atomic E-state index is 11.2. The predicted octanol–water partition coefficient (Wildman–Crippen LogP) is 2.18. The predicted molar refractivity (Wildman–Crippen MR) is 53.3 cm³/mol. The fraction of sp³-hybridized carbons (Fsp3) is 0.889. The van der Waals surface area contributed by atoms with Crippen molar-refractivity contribution in [2.45, 2.75) is 20.3 Å². The second-order valence-electron chi connectivity index (χ2n) is 3.30. The molecule has 0 aliphatic carbocycles. The lowest BCUT2D eigenvalue weighted by Gasteiger charge is -2.14. The summed E-state index contributed by atoms with van der Waals surface area (Å²) in [6, 6.07) is 0. The molecule has 1 atom stereocenters. The largest absolute Gasteiger partial charge is 0.469 e. The van der Waals surface area contributed by atoms with Crippen molar-refractivity contribution in [3.05, 3.63) is 0 Å². The summed E-state index contributed by atoms with van der Waals surface area (Å²) < 4.78 is 4.71. The van der Waals surface area contributed by atoms with E-state index < -0.39 is 0 Å². The number of ether oxygens (including phenoxy) is 1. The lowest BCUT2D eigenvalue weighted by Crippen LogP contribution is -2.20. The molecule has 0 N–H and O–H groups in total. The van der Waals surface area contributed by atoms with Gasteiger partial charge in [-0.15, -0.1) is 0 Å². The van der Waals surface area contributed by atoms with Crippen molar-refractivity contribution in [3.63, 3.8) is 0 Å². The summed E-state index contributed by atoms with van der Waals surface area (Å²) in [5.41, 5.74) is 0. The van der Waals surface area contributed by atoms with Crippen LogP contribution >= 0.6 is 11.8 Å². The maximum Gasteiger partial charge on any atom is 0.309 e. The Kier molecular flexibility index (Phi) is 6.25. The second kappa shape index (κ2) is 6.35. The van der Waals surface area contributed by atoms with E-state index in [4.69, 9.17) is 4.74 Å². The van der Waals surface area contributed by atoms with Gasteiger partial charge in [0, 0.05) is 5.75 Å². The highest BCUT2D eigenvalue weighted by atomic mass is 32.2. The zero-order valence-electron chi connectivity index (χ0n) is 8.29. The van der Waals surface area contributed by atoms with E-state index in [0.29, 0.717) is 5.92 Å². The van der Waals surface area contributed by atoms with Crippen molar-refractivity contribution in [2.24, 2.45) is 11.8 Å². The molecule has 0 rings (SSSR count). The Morgan fingerprint density at radius 3 is 2.42 bits per heavy atom. The number of methoxy groups -OCH3 is 1. The van der Waals surface area contributed by atoms with Gasteiger partial charge >= 0.3 is 5.97 Å². The first kappa shape index (κ1) is 11.8. The molecule has 0 aromatic heterocycles. The number of thioether (sulfide) groups is 1. The number of carbonyl (C=O) groups excluding carboxylic acids is 1. The van der Waals surface area contributed by atoms with Crippen LogP contribution in [-0.2, 0) is 9.53 Å². The third kappa shape index (κ3) is 4.65. The van der Waals surface area contributed by atoms with E-state index in [9.17, 15) is 4.79 Å². The van der Waals surface area contributed by atoms with Gasteiger partial charge in [-0.3, -0.25) is 4.79 Å². The molecule has 72 valence electrons. The fourth-order valence-electron chi connectivity index (χ4n) is 1.17. The summed E-state index contributed by atoms with van der Waals surface area (Å²) in [6.07, 6.45) is 2.93. The van der Waals surface area contributed by atoms with Gasteiger partial charge in [0.15, 0.2) is 0 Å². The number of carbonyl (C=O) groups is 1. The number of hydrogen-bond donors (Lipinski definition) is 0. The van der Waals surface area contributed by atoms with E-state index in [-0.39, 0.29) is 11.9 Å². The van der Waals surface area contributed by atoms with Crippen molar-refractivity contribution in [2.75, 3.05) is 19.1 Å². The standard InChI is InChI=1S/C9H18O2S/c1-7(2)5-8(6-12-4)9(10)11-3/h7-8H,5-6H2,1-4H3. The minimum Gasteiger partial charge on any atom is -0.469 e. The molecule has 12 heavy (non-hydrogen) atoms. The summed E-state index contributed by atoms with van der Waals surface area (Å²) in [4.78, 5) is 11.2. The van der Waals surface area contributed by atoms with Gasteiger partial charge in [-0.05, 0) is 18.6 Å². The van der Waals surface area contributed by atoms with Crippen molar-refractivity contribution in [3.8, 4) is 0 Å². The highest BCUT2D eigenvalue weighted by Gasteiger charge is 2.19. The molecule has 0 aliphatic heterocycles. The smallest absolute Gasteiger partial charge is 0.309 e. The van der Waals surface area contributed by atoms with Gasteiger partial charge in [0.05, 0.1) is 13.0 Å². The van der Waals surface area contributed by atoms with Crippen LogP contribution in [0.3, 0.4) is 0 Å². The number of hydrogen-bond acceptors (Lipinski definition) is 3. The quantitative estimate of drug-likeness (QED) is 0.622. The third-order valence-electron chi connectivity index (χ3n) is 1.66. The molecule has 0 saturated heterocycles. The second-order valence-corrected chi connectivity index (χ2v) is 4.22. The monoisotopic (exact) mass is 190 g/mol. The number of esters is 1. The van der Waals surface area contributed by atoms with Gasteiger partial charge in [-0.2, -0.15) is 11.8 Å². The molecule has 0 heterocycles. The Morgan fingerprint density at radius 2 is 2.08 bits per heavy atom.